The summed E-state index contributed by atoms with van der Waals surface area (Å²) in [5.74, 6) is -1.19. The SMILES string of the molecule is CCOC(=O)[C@H]1CCCN(C(=O)c2cn(C)nc2S(=O)(=O)N2CCN(c3ccccc3Cl)CC2)C1. The molecule has 0 unspecified atom stereocenters. The predicted octanol–water partition coefficient (Wildman–Crippen LogP) is 2.00. The Morgan fingerprint density at radius 2 is 1.86 bits per heavy atom. The molecule has 0 bridgehead atoms. The second-order valence-corrected chi connectivity index (χ2v) is 11.0. The molecule has 2 saturated heterocycles. The average molecular weight is 524 g/mol. The molecule has 0 radical (unpaired) electrons. The normalized spacial score (nSPS) is 19.6. The zero-order chi connectivity index (χ0) is 25.2. The lowest BCUT2D eigenvalue weighted by atomic mass is 9.98. The Labute approximate surface area is 210 Å². The van der Waals surface area contributed by atoms with Crippen molar-refractivity contribution in [2.24, 2.45) is 13.0 Å². The fourth-order valence-corrected chi connectivity index (χ4v) is 6.38. The zero-order valence-corrected chi connectivity index (χ0v) is 21.5. The van der Waals surface area contributed by atoms with Crippen LogP contribution in [0.2, 0.25) is 5.02 Å². The van der Waals surface area contributed by atoms with E-state index < -0.39 is 21.8 Å². The standard InChI is InChI=1S/C23H30ClN5O5S/c1-3-34-23(31)17-7-6-10-28(15-17)22(30)18-16-26(2)25-21(18)35(32,33)29-13-11-27(12-14-29)20-9-5-4-8-19(20)24/h4-5,8-9,16-17H,3,6-7,10-15H2,1-2H3/t17-/m0/s1. The Morgan fingerprint density at radius 3 is 2.54 bits per heavy atom. The van der Waals surface area contributed by atoms with Crippen LogP contribution in [0.25, 0.3) is 0 Å². The van der Waals surface area contributed by atoms with Gasteiger partial charge in [-0.25, -0.2) is 8.42 Å². The van der Waals surface area contributed by atoms with Gasteiger partial charge in [-0.3, -0.25) is 14.3 Å². The van der Waals surface area contributed by atoms with Crippen molar-refractivity contribution in [1.82, 2.24) is 19.0 Å². The lowest BCUT2D eigenvalue weighted by Crippen LogP contribution is -2.49. The van der Waals surface area contributed by atoms with Crippen LogP contribution < -0.4 is 4.90 Å². The summed E-state index contributed by atoms with van der Waals surface area (Å²) < 4.78 is 34.9. The molecule has 190 valence electrons. The van der Waals surface area contributed by atoms with Crippen molar-refractivity contribution in [1.29, 1.82) is 0 Å². The minimum absolute atomic E-state index is 0.0190. The van der Waals surface area contributed by atoms with Crippen molar-refractivity contribution >= 4 is 39.2 Å². The van der Waals surface area contributed by atoms with E-state index in [1.165, 1.54) is 20.1 Å². The van der Waals surface area contributed by atoms with Crippen LogP contribution in [0.5, 0.6) is 0 Å². The van der Waals surface area contributed by atoms with E-state index in [4.69, 9.17) is 16.3 Å². The Bertz CT molecular complexity index is 1190. The van der Waals surface area contributed by atoms with Crippen molar-refractivity contribution < 1.29 is 22.7 Å². The first kappa shape index (κ1) is 25.5. The molecule has 2 aliphatic rings. The molecule has 10 nitrogen and oxygen atoms in total. The number of para-hydroxylation sites is 1. The second-order valence-electron chi connectivity index (χ2n) is 8.71. The predicted molar refractivity (Wildman–Crippen MR) is 131 cm³/mol. The first-order valence-corrected chi connectivity index (χ1v) is 13.5. The number of nitrogens with zero attached hydrogens (tertiary/aromatic N) is 5. The van der Waals surface area contributed by atoms with Gasteiger partial charge in [0.25, 0.3) is 15.9 Å². The average Bonchev–Trinajstić information content (AvgIpc) is 3.27. The minimum Gasteiger partial charge on any atom is -0.466 e. The number of anilines is 1. The maximum Gasteiger partial charge on any atom is 0.310 e. The van der Waals surface area contributed by atoms with Gasteiger partial charge in [-0.15, -0.1) is 0 Å². The van der Waals surface area contributed by atoms with Gasteiger partial charge in [0.15, 0.2) is 0 Å². The third-order valence-electron chi connectivity index (χ3n) is 6.37. The zero-order valence-electron chi connectivity index (χ0n) is 19.9. The lowest BCUT2D eigenvalue weighted by molar-refractivity contribution is -0.149. The van der Waals surface area contributed by atoms with Crippen LogP contribution in [0.1, 0.15) is 30.1 Å². The van der Waals surface area contributed by atoms with Crippen LogP contribution in [-0.4, -0.2) is 85.2 Å². The fourth-order valence-electron chi connectivity index (χ4n) is 4.59. The van der Waals surface area contributed by atoms with E-state index >= 15 is 0 Å². The van der Waals surface area contributed by atoms with Gasteiger partial charge >= 0.3 is 5.97 Å². The Hall–Kier alpha value is -2.63. The number of piperazine rings is 1. The molecule has 1 atom stereocenters. The number of benzene rings is 1. The molecule has 1 amide bonds. The number of aromatic nitrogens is 2. The van der Waals surface area contributed by atoms with E-state index in [0.29, 0.717) is 37.5 Å². The van der Waals surface area contributed by atoms with Crippen LogP contribution in [0, 0.1) is 5.92 Å². The van der Waals surface area contributed by atoms with Crippen LogP contribution >= 0.6 is 11.6 Å². The summed E-state index contributed by atoms with van der Waals surface area (Å²) in [6.45, 7) is 4.07. The second kappa shape index (κ2) is 10.5. The van der Waals surface area contributed by atoms with E-state index in [9.17, 15) is 18.0 Å². The van der Waals surface area contributed by atoms with Gasteiger partial charge in [0.05, 0.1) is 28.8 Å². The number of ether oxygens (including phenoxy) is 1. The van der Waals surface area contributed by atoms with Gasteiger partial charge in [-0.1, -0.05) is 23.7 Å². The third kappa shape index (κ3) is 5.31. The smallest absolute Gasteiger partial charge is 0.310 e. The number of hydrogen-bond acceptors (Lipinski definition) is 7. The van der Waals surface area contributed by atoms with Crippen LogP contribution in [0.4, 0.5) is 5.69 Å². The number of likely N-dealkylation sites (tertiary alicyclic amines) is 1. The molecule has 4 rings (SSSR count). The quantitative estimate of drug-likeness (QED) is 0.533. The largest absolute Gasteiger partial charge is 0.466 e. The molecule has 2 fully saturated rings. The molecule has 1 aromatic heterocycles. The van der Waals surface area contributed by atoms with Crippen molar-refractivity contribution in [2.75, 3.05) is 50.8 Å². The summed E-state index contributed by atoms with van der Waals surface area (Å²) in [5.41, 5.74) is 0.881. The molecule has 0 N–H and O–H groups in total. The summed E-state index contributed by atoms with van der Waals surface area (Å²) in [6.07, 6.45) is 2.71. The van der Waals surface area contributed by atoms with Gasteiger partial charge in [-0.05, 0) is 31.9 Å². The Kier molecular flexibility index (Phi) is 7.67. The van der Waals surface area contributed by atoms with E-state index in [1.54, 1.807) is 20.0 Å². The number of esters is 1. The van der Waals surface area contributed by atoms with Gasteiger partial charge in [-0.2, -0.15) is 9.40 Å². The van der Waals surface area contributed by atoms with Gasteiger partial charge in [0.1, 0.15) is 0 Å². The van der Waals surface area contributed by atoms with E-state index in [-0.39, 0.29) is 42.8 Å². The topological polar surface area (TPSA) is 105 Å². The highest BCUT2D eigenvalue weighted by atomic mass is 35.5. The fraction of sp³-hybridized carbons (Fsp3) is 0.522. The number of aryl methyl sites for hydroxylation is 1. The molecule has 1 aromatic carbocycles. The number of halogens is 1. The van der Waals surface area contributed by atoms with Crippen LogP contribution in [0.15, 0.2) is 35.5 Å². The summed E-state index contributed by atoms with van der Waals surface area (Å²) in [4.78, 5) is 29.1. The number of sulfonamides is 1. The number of hydrogen-bond donors (Lipinski definition) is 0. The maximum absolute atomic E-state index is 13.5. The third-order valence-corrected chi connectivity index (χ3v) is 8.52. The highest BCUT2D eigenvalue weighted by Gasteiger charge is 2.37. The first-order valence-electron chi connectivity index (χ1n) is 11.7. The monoisotopic (exact) mass is 523 g/mol. The van der Waals surface area contributed by atoms with Gasteiger partial charge in [0.2, 0.25) is 5.03 Å². The van der Waals surface area contributed by atoms with Crippen LogP contribution in [0.3, 0.4) is 0 Å². The number of carbonyl (C=O) groups excluding carboxylic acids is 2. The van der Waals surface area contributed by atoms with E-state index in [1.807, 2.05) is 23.1 Å². The lowest BCUT2D eigenvalue weighted by Gasteiger charge is -2.35. The summed E-state index contributed by atoms with van der Waals surface area (Å²) in [6, 6.07) is 7.45. The molecular weight excluding hydrogens is 494 g/mol. The highest BCUT2D eigenvalue weighted by molar-refractivity contribution is 7.89. The molecule has 3 heterocycles. The van der Waals surface area contributed by atoms with E-state index in [0.717, 1.165) is 5.69 Å². The van der Waals surface area contributed by atoms with Crippen molar-refractivity contribution in [3.8, 4) is 0 Å². The number of rotatable bonds is 6. The van der Waals surface area contributed by atoms with Crippen molar-refractivity contribution in [3.63, 3.8) is 0 Å². The van der Waals surface area contributed by atoms with Crippen LogP contribution in [-0.2, 0) is 26.6 Å². The summed E-state index contributed by atoms with van der Waals surface area (Å²) in [7, 11) is -2.42. The molecule has 35 heavy (non-hydrogen) atoms. The molecule has 0 aliphatic carbocycles. The molecule has 0 spiro atoms. The number of amides is 1. The Balaban J connectivity index is 1.51. The maximum atomic E-state index is 13.5. The number of carbonyl (C=O) groups is 2. The summed E-state index contributed by atoms with van der Waals surface area (Å²) >= 11 is 6.30. The Morgan fingerprint density at radius 1 is 1.14 bits per heavy atom. The minimum atomic E-state index is -4.01. The van der Waals surface area contributed by atoms with Gasteiger partial charge < -0.3 is 14.5 Å². The van der Waals surface area contributed by atoms with Gasteiger partial charge in [0, 0.05) is 52.5 Å². The summed E-state index contributed by atoms with van der Waals surface area (Å²) in [5, 5.41) is 4.52. The molecular formula is C23H30ClN5O5S. The molecule has 12 heteroatoms. The first-order chi connectivity index (χ1) is 16.7. The molecule has 2 aromatic rings. The van der Waals surface area contributed by atoms with E-state index in [2.05, 4.69) is 5.10 Å². The van der Waals surface area contributed by atoms with Crippen molar-refractivity contribution in [2.45, 2.75) is 24.8 Å². The number of piperidine rings is 1. The van der Waals surface area contributed by atoms with Crippen molar-refractivity contribution in [3.05, 3.63) is 41.0 Å². The highest BCUT2D eigenvalue weighted by Crippen LogP contribution is 2.28. The molecule has 0 saturated carbocycles. The molecule has 2 aliphatic heterocycles.